The second-order valence-corrected chi connectivity index (χ2v) is 6.63. The van der Waals surface area contributed by atoms with Crippen molar-refractivity contribution >= 4 is 33.2 Å². The zero-order valence-corrected chi connectivity index (χ0v) is 12.2. The van der Waals surface area contributed by atoms with Gasteiger partial charge in [-0.05, 0) is 45.8 Å². The van der Waals surface area contributed by atoms with Crippen molar-refractivity contribution in [2.24, 2.45) is 5.92 Å². The van der Waals surface area contributed by atoms with Gasteiger partial charge in [-0.25, -0.2) is 0 Å². The minimum Gasteiger partial charge on any atom is -0.381 e. The summed E-state index contributed by atoms with van der Waals surface area (Å²) < 4.78 is 6.39. The van der Waals surface area contributed by atoms with E-state index in [9.17, 15) is 4.79 Å². The molecular formula is C12H16BrNO2S. The lowest BCUT2D eigenvalue weighted by Gasteiger charge is -2.26. The van der Waals surface area contributed by atoms with Crippen LogP contribution in [0.2, 0.25) is 0 Å². The lowest BCUT2D eigenvalue weighted by Crippen LogP contribution is -2.35. The van der Waals surface area contributed by atoms with Gasteiger partial charge in [-0.15, -0.1) is 11.3 Å². The minimum absolute atomic E-state index is 0.149. The molecule has 94 valence electrons. The van der Waals surface area contributed by atoms with E-state index in [-0.39, 0.29) is 11.8 Å². The zero-order chi connectivity index (χ0) is 12.3. The molecule has 1 aromatic heterocycles. The van der Waals surface area contributed by atoms with E-state index in [2.05, 4.69) is 27.4 Å². The molecule has 0 unspecified atom stereocenters. The summed E-state index contributed by atoms with van der Waals surface area (Å²) in [6.45, 7) is 2.13. The van der Waals surface area contributed by atoms with Crippen molar-refractivity contribution in [2.75, 3.05) is 20.3 Å². The molecule has 0 atom stereocenters. The molecule has 1 saturated heterocycles. The van der Waals surface area contributed by atoms with Gasteiger partial charge in [-0.2, -0.15) is 0 Å². The molecule has 17 heavy (non-hydrogen) atoms. The highest BCUT2D eigenvalue weighted by atomic mass is 79.9. The van der Waals surface area contributed by atoms with E-state index in [0.717, 1.165) is 16.6 Å². The van der Waals surface area contributed by atoms with Crippen LogP contribution in [0.15, 0.2) is 15.2 Å². The molecule has 1 amide bonds. The smallest absolute Gasteiger partial charge is 0.225 e. The topological polar surface area (TPSA) is 29.5 Å². The Hall–Kier alpha value is -0.390. The standard InChI is InChI=1S/C12H16BrNO2S/c1-14(7-9-6-11(13)17-8-9)12(15)10-2-4-16-5-3-10/h6,8,10H,2-5,7H2,1H3. The molecule has 0 saturated carbocycles. The van der Waals surface area contributed by atoms with Gasteiger partial charge in [0.2, 0.25) is 5.91 Å². The van der Waals surface area contributed by atoms with Gasteiger partial charge in [0.05, 0.1) is 3.79 Å². The van der Waals surface area contributed by atoms with E-state index in [1.54, 1.807) is 11.3 Å². The molecule has 1 aliphatic rings. The van der Waals surface area contributed by atoms with E-state index in [0.29, 0.717) is 19.8 Å². The molecule has 0 spiro atoms. The van der Waals surface area contributed by atoms with Crippen LogP contribution in [0.3, 0.4) is 0 Å². The van der Waals surface area contributed by atoms with Crippen LogP contribution in [0.1, 0.15) is 18.4 Å². The third kappa shape index (κ3) is 3.53. The van der Waals surface area contributed by atoms with Crippen molar-refractivity contribution in [1.29, 1.82) is 0 Å². The molecule has 0 bridgehead atoms. The third-order valence-electron chi connectivity index (χ3n) is 2.99. The lowest BCUT2D eigenvalue weighted by atomic mass is 9.99. The van der Waals surface area contributed by atoms with Gasteiger partial charge in [0.15, 0.2) is 0 Å². The van der Waals surface area contributed by atoms with Crippen molar-refractivity contribution < 1.29 is 9.53 Å². The maximum absolute atomic E-state index is 12.2. The number of hydrogen-bond acceptors (Lipinski definition) is 3. The predicted molar refractivity (Wildman–Crippen MR) is 72.0 cm³/mol. The highest BCUT2D eigenvalue weighted by molar-refractivity contribution is 9.11. The van der Waals surface area contributed by atoms with Crippen LogP contribution < -0.4 is 0 Å². The molecule has 3 nitrogen and oxygen atoms in total. The fraction of sp³-hybridized carbons (Fsp3) is 0.583. The van der Waals surface area contributed by atoms with E-state index >= 15 is 0 Å². The molecule has 0 radical (unpaired) electrons. The summed E-state index contributed by atoms with van der Waals surface area (Å²) in [5.74, 6) is 0.395. The van der Waals surface area contributed by atoms with Crippen LogP contribution in [0.5, 0.6) is 0 Å². The highest BCUT2D eigenvalue weighted by Gasteiger charge is 2.24. The Morgan fingerprint density at radius 2 is 2.29 bits per heavy atom. The Morgan fingerprint density at radius 1 is 1.59 bits per heavy atom. The van der Waals surface area contributed by atoms with Gasteiger partial charge < -0.3 is 9.64 Å². The van der Waals surface area contributed by atoms with Crippen LogP contribution in [0.4, 0.5) is 0 Å². The first-order chi connectivity index (χ1) is 8.16. The van der Waals surface area contributed by atoms with Crippen molar-refractivity contribution in [1.82, 2.24) is 4.90 Å². The Morgan fingerprint density at radius 3 is 2.88 bits per heavy atom. The third-order valence-corrected chi connectivity index (χ3v) is 4.54. The first-order valence-corrected chi connectivity index (χ1v) is 7.39. The number of ether oxygens (including phenoxy) is 1. The maximum atomic E-state index is 12.2. The largest absolute Gasteiger partial charge is 0.381 e. The summed E-state index contributed by atoms with van der Waals surface area (Å²) in [5.41, 5.74) is 1.18. The second kappa shape index (κ2) is 5.98. The van der Waals surface area contributed by atoms with Gasteiger partial charge in [0.25, 0.3) is 0 Å². The van der Waals surface area contributed by atoms with Crippen LogP contribution in [-0.2, 0) is 16.1 Å². The number of amides is 1. The monoisotopic (exact) mass is 317 g/mol. The summed E-state index contributed by atoms with van der Waals surface area (Å²) in [5, 5.41) is 2.08. The molecule has 2 heterocycles. The molecule has 0 N–H and O–H groups in total. The fourth-order valence-electron chi connectivity index (χ4n) is 2.04. The van der Waals surface area contributed by atoms with Gasteiger partial charge in [-0.3, -0.25) is 4.79 Å². The summed E-state index contributed by atoms with van der Waals surface area (Å²) >= 11 is 5.09. The fourth-order valence-corrected chi connectivity index (χ4v) is 3.24. The summed E-state index contributed by atoms with van der Waals surface area (Å²) in [7, 11) is 1.88. The molecule has 0 aliphatic carbocycles. The average molecular weight is 318 g/mol. The minimum atomic E-state index is 0.149. The lowest BCUT2D eigenvalue weighted by molar-refractivity contribution is -0.137. The number of carbonyl (C=O) groups is 1. The van der Waals surface area contributed by atoms with Crippen LogP contribution in [0, 0.1) is 5.92 Å². The first-order valence-electron chi connectivity index (χ1n) is 5.72. The molecule has 5 heteroatoms. The van der Waals surface area contributed by atoms with Crippen LogP contribution >= 0.6 is 27.3 Å². The molecule has 2 rings (SSSR count). The number of thiophene rings is 1. The van der Waals surface area contributed by atoms with Gasteiger partial charge >= 0.3 is 0 Å². The van der Waals surface area contributed by atoms with Crippen molar-refractivity contribution in [3.63, 3.8) is 0 Å². The van der Waals surface area contributed by atoms with E-state index in [1.165, 1.54) is 5.56 Å². The molecule has 0 aromatic carbocycles. The van der Waals surface area contributed by atoms with Gasteiger partial charge in [-0.1, -0.05) is 0 Å². The first kappa shape index (κ1) is 13.1. The van der Waals surface area contributed by atoms with E-state index < -0.39 is 0 Å². The van der Waals surface area contributed by atoms with E-state index in [4.69, 9.17) is 4.74 Å². The summed E-state index contributed by atoms with van der Waals surface area (Å²) in [6, 6.07) is 2.07. The zero-order valence-electron chi connectivity index (χ0n) is 9.82. The second-order valence-electron chi connectivity index (χ2n) is 4.34. The number of rotatable bonds is 3. The molecular weight excluding hydrogens is 302 g/mol. The van der Waals surface area contributed by atoms with Gasteiger partial charge in [0.1, 0.15) is 0 Å². The molecule has 1 aliphatic heterocycles. The SMILES string of the molecule is CN(Cc1csc(Br)c1)C(=O)C1CCOCC1. The maximum Gasteiger partial charge on any atom is 0.225 e. The average Bonchev–Trinajstić information content (AvgIpc) is 2.75. The molecule has 1 aromatic rings. The summed E-state index contributed by atoms with van der Waals surface area (Å²) in [4.78, 5) is 14.0. The van der Waals surface area contributed by atoms with E-state index in [1.807, 2.05) is 11.9 Å². The van der Waals surface area contributed by atoms with Crippen molar-refractivity contribution in [3.05, 3.63) is 20.8 Å². The summed E-state index contributed by atoms with van der Waals surface area (Å²) in [6.07, 6.45) is 1.72. The quantitative estimate of drug-likeness (QED) is 0.858. The van der Waals surface area contributed by atoms with Crippen LogP contribution in [0.25, 0.3) is 0 Å². The Labute approximate surface area is 114 Å². The van der Waals surface area contributed by atoms with Crippen molar-refractivity contribution in [2.45, 2.75) is 19.4 Å². The number of hydrogen-bond donors (Lipinski definition) is 0. The number of nitrogens with zero attached hydrogens (tertiary/aromatic N) is 1. The Kier molecular flexibility index (Phi) is 4.59. The highest BCUT2D eigenvalue weighted by Crippen LogP contribution is 2.23. The number of carbonyl (C=O) groups excluding carboxylic acids is 1. The predicted octanol–water partition coefficient (Wildman–Crippen LogP) is 2.90. The molecule has 1 fully saturated rings. The Balaban J connectivity index is 1.90. The normalized spacial score (nSPS) is 17.1. The van der Waals surface area contributed by atoms with Gasteiger partial charge in [0, 0.05) is 32.7 Å². The number of halogens is 1. The van der Waals surface area contributed by atoms with Crippen molar-refractivity contribution in [3.8, 4) is 0 Å². The Bertz CT molecular complexity index is 388. The van der Waals surface area contributed by atoms with Crippen LogP contribution in [-0.4, -0.2) is 31.1 Å².